The van der Waals surface area contributed by atoms with Crippen LogP contribution in [0.4, 0.5) is 0 Å². The zero-order valence-corrected chi connectivity index (χ0v) is 18.3. The molecule has 1 atom stereocenters. The summed E-state index contributed by atoms with van der Waals surface area (Å²) in [5.41, 5.74) is 5.46. The van der Waals surface area contributed by atoms with Crippen LogP contribution in [-0.2, 0) is 0 Å². The van der Waals surface area contributed by atoms with Gasteiger partial charge >= 0.3 is 0 Å². The minimum Gasteiger partial charge on any atom is -0.335 e. The summed E-state index contributed by atoms with van der Waals surface area (Å²) in [5, 5.41) is 0. The van der Waals surface area contributed by atoms with Crippen molar-refractivity contribution < 1.29 is 4.79 Å². The normalized spacial score (nSPS) is 17.5. The van der Waals surface area contributed by atoms with Crippen molar-refractivity contribution in [2.24, 2.45) is 0 Å². The summed E-state index contributed by atoms with van der Waals surface area (Å²) in [6, 6.07) is 17.1. The van der Waals surface area contributed by atoms with Crippen LogP contribution in [-0.4, -0.2) is 48.4 Å². The van der Waals surface area contributed by atoms with E-state index in [4.69, 9.17) is 0 Å². The van der Waals surface area contributed by atoms with Crippen molar-refractivity contribution in [2.75, 3.05) is 26.7 Å². The van der Waals surface area contributed by atoms with Crippen molar-refractivity contribution in [3.63, 3.8) is 0 Å². The van der Waals surface area contributed by atoms with Crippen LogP contribution in [0, 0.1) is 13.8 Å². The second kappa shape index (κ2) is 9.89. The number of hydrogen-bond donors (Lipinski definition) is 0. The van der Waals surface area contributed by atoms with Crippen LogP contribution in [0.1, 0.15) is 53.2 Å². The molecule has 1 aliphatic rings. The van der Waals surface area contributed by atoms with E-state index in [1.54, 1.807) is 0 Å². The zero-order valence-electron chi connectivity index (χ0n) is 18.3. The van der Waals surface area contributed by atoms with Crippen LogP contribution >= 0.6 is 0 Å². The van der Waals surface area contributed by atoms with Gasteiger partial charge in [0, 0.05) is 24.7 Å². The Morgan fingerprint density at radius 2 is 1.83 bits per heavy atom. The first-order valence-electron chi connectivity index (χ1n) is 10.7. The van der Waals surface area contributed by atoms with E-state index in [0.717, 1.165) is 29.7 Å². The number of amides is 1. The van der Waals surface area contributed by atoms with Gasteiger partial charge in [-0.05, 0) is 71.3 Å². The maximum Gasteiger partial charge on any atom is 0.254 e. The number of carbonyl (C=O) groups excluding carboxylic acids is 1. The highest BCUT2D eigenvalue weighted by Crippen LogP contribution is 2.20. The minimum atomic E-state index is 0.137. The molecule has 29 heavy (non-hydrogen) atoms. The van der Waals surface area contributed by atoms with Gasteiger partial charge in [-0.25, -0.2) is 0 Å². The van der Waals surface area contributed by atoms with Crippen molar-refractivity contribution in [3.05, 3.63) is 76.4 Å². The monoisotopic (exact) mass is 390 g/mol. The van der Waals surface area contributed by atoms with Crippen molar-refractivity contribution in [3.8, 4) is 0 Å². The molecule has 2 aromatic carbocycles. The van der Waals surface area contributed by atoms with Gasteiger partial charge in [-0.3, -0.25) is 4.79 Å². The van der Waals surface area contributed by atoms with E-state index < -0.39 is 0 Å². The Balaban J connectivity index is 1.78. The molecule has 0 radical (unpaired) electrons. The highest BCUT2D eigenvalue weighted by molar-refractivity contribution is 5.94. The molecule has 0 N–H and O–H groups in total. The third-order valence-electron chi connectivity index (χ3n) is 5.81. The van der Waals surface area contributed by atoms with E-state index in [2.05, 4.69) is 57.0 Å². The minimum absolute atomic E-state index is 0.137. The first-order chi connectivity index (χ1) is 13.9. The molecule has 3 rings (SSSR count). The molecule has 1 aliphatic heterocycles. The number of aryl methyl sites for hydroxylation is 2. The highest BCUT2D eigenvalue weighted by Gasteiger charge is 2.23. The van der Waals surface area contributed by atoms with Gasteiger partial charge in [0.05, 0.1) is 0 Å². The molecule has 0 aromatic heterocycles. The Hall–Kier alpha value is -2.39. The first-order valence-corrected chi connectivity index (χ1v) is 10.7. The molecule has 2 aromatic rings. The molecule has 154 valence electrons. The fourth-order valence-electron chi connectivity index (χ4n) is 4.36. The average Bonchev–Trinajstić information content (AvgIpc) is 3.09. The van der Waals surface area contributed by atoms with Gasteiger partial charge in [0.1, 0.15) is 0 Å². The third-order valence-corrected chi connectivity index (χ3v) is 5.81. The molecule has 3 nitrogen and oxygen atoms in total. The highest BCUT2D eigenvalue weighted by atomic mass is 16.2. The molecular formula is C26H34N2O. The number of likely N-dealkylation sites (tertiary alicyclic amines) is 1. The molecule has 1 amide bonds. The lowest BCUT2D eigenvalue weighted by atomic mass is 10.0. The Bertz CT molecular complexity index is 836. The number of hydrogen-bond acceptors (Lipinski definition) is 2. The predicted molar refractivity (Wildman–Crippen MR) is 122 cm³/mol. The molecule has 0 saturated carbocycles. The third kappa shape index (κ3) is 6.04. The summed E-state index contributed by atoms with van der Waals surface area (Å²) in [7, 11) is 2.20. The SMILES string of the molecule is C/C(=C\c1ccccc1)CN(CCC1CCCN1C)C(=O)c1cc(C)cc(C)c1. The van der Waals surface area contributed by atoms with Crippen LogP contribution in [0.2, 0.25) is 0 Å². The lowest BCUT2D eigenvalue weighted by molar-refractivity contribution is 0.0757. The molecule has 1 fully saturated rings. The number of carbonyl (C=O) groups is 1. The summed E-state index contributed by atoms with van der Waals surface area (Å²) < 4.78 is 0. The predicted octanol–water partition coefficient (Wildman–Crippen LogP) is 5.33. The van der Waals surface area contributed by atoms with Crippen molar-refractivity contribution in [1.29, 1.82) is 0 Å². The van der Waals surface area contributed by atoms with Crippen molar-refractivity contribution >= 4 is 12.0 Å². The average molecular weight is 391 g/mol. The van der Waals surface area contributed by atoms with E-state index in [9.17, 15) is 4.79 Å². The fraction of sp³-hybridized carbons (Fsp3) is 0.423. The lowest BCUT2D eigenvalue weighted by Gasteiger charge is -2.27. The van der Waals surface area contributed by atoms with Crippen LogP contribution in [0.25, 0.3) is 6.08 Å². The van der Waals surface area contributed by atoms with Gasteiger partial charge in [-0.2, -0.15) is 0 Å². The summed E-state index contributed by atoms with van der Waals surface area (Å²) >= 11 is 0. The quantitative estimate of drug-likeness (QED) is 0.638. The van der Waals surface area contributed by atoms with Crippen molar-refractivity contribution in [2.45, 2.75) is 46.1 Å². The second-order valence-corrected chi connectivity index (χ2v) is 8.57. The maximum absolute atomic E-state index is 13.4. The maximum atomic E-state index is 13.4. The lowest BCUT2D eigenvalue weighted by Crippen LogP contribution is -2.37. The van der Waals surface area contributed by atoms with Gasteiger partial charge in [-0.1, -0.05) is 59.2 Å². The topological polar surface area (TPSA) is 23.6 Å². The van der Waals surface area contributed by atoms with Crippen LogP contribution in [0.5, 0.6) is 0 Å². The van der Waals surface area contributed by atoms with E-state index in [0.29, 0.717) is 12.6 Å². The Morgan fingerprint density at radius 1 is 1.14 bits per heavy atom. The largest absolute Gasteiger partial charge is 0.335 e. The molecule has 1 unspecified atom stereocenters. The second-order valence-electron chi connectivity index (χ2n) is 8.57. The van der Waals surface area contributed by atoms with Gasteiger partial charge in [0.2, 0.25) is 0 Å². The van der Waals surface area contributed by atoms with Crippen molar-refractivity contribution in [1.82, 2.24) is 9.80 Å². The molecule has 1 saturated heterocycles. The smallest absolute Gasteiger partial charge is 0.254 e. The van der Waals surface area contributed by atoms with Gasteiger partial charge in [0.15, 0.2) is 0 Å². The summed E-state index contributed by atoms with van der Waals surface area (Å²) in [6.45, 7) is 8.86. The number of nitrogens with zero attached hydrogens (tertiary/aromatic N) is 2. The summed E-state index contributed by atoms with van der Waals surface area (Å²) in [4.78, 5) is 17.9. The summed E-state index contributed by atoms with van der Waals surface area (Å²) in [5.74, 6) is 0.137. The molecule has 0 spiro atoms. The fourth-order valence-corrected chi connectivity index (χ4v) is 4.36. The van der Waals surface area contributed by atoms with Gasteiger partial charge in [-0.15, -0.1) is 0 Å². The number of rotatable bonds is 7. The summed E-state index contributed by atoms with van der Waals surface area (Å²) in [6.07, 6.45) is 5.72. The van der Waals surface area contributed by atoms with E-state index >= 15 is 0 Å². The van der Waals surface area contributed by atoms with E-state index in [1.807, 2.05) is 35.2 Å². The van der Waals surface area contributed by atoms with Gasteiger partial charge < -0.3 is 9.80 Å². The van der Waals surface area contributed by atoms with Gasteiger partial charge in [0.25, 0.3) is 5.91 Å². The van der Waals surface area contributed by atoms with E-state index in [-0.39, 0.29) is 5.91 Å². The Labute approximate surface area is 176 Å². The Kier molecular flexibility index (Phi) is 7.27. The van der Waals surface area contributed by atoms with Crippen LogP contribution < -0.4 is 0 Å². The standard InChI is InChI=1S/C26H34N2O/c1-20-15-21(2)18-24(17-20)26(29)28(14-12-25-11-8-13-27(25)4)19-22(3)16-23-9-6-5-7-10-23/h5-7,9-10,15-18,25H,8,11-14,19H2,1-4H3/b22-16+. The Morgan fingerprint density at radius 3 is 2.45 bits per heavy atom. The molecule has 0 aliphatic carbocycles. The molecule has 0 bridgehead atoms. The number of benzene rings is 2. The first kappa shape index (κ1) is 21.3. The van der Waals surface area contributed by atoms with Crippen LogP contribution in [0.3, 0.4) is 0 Å². The molecule has 1 heterocycles. The molecule has 3 heteroatoms. The van der Waals surface area contributed by atoms with Crippen LogP contribution in [0.15, 0.2) is 54.1 Å². The molecular weight excluding hydrogens is 356 g/mol. The zero-order chi connectivity index (χ0) is 20.8. The van der Waals surface area contributed by atoms with E-state index in [1.165, 1.54) is 30.5 Å².